The molecule has 0 N–H and O–H groups in total. The molecule has 2 fully saturated rings. The predicted octanol–water partition coefficient (Wildman–Crippen LogP) is 2.01. The first-order chi connectivity index (χ1) is 10.4. The third-order valence-electron chi connectivity index (χ3n) is 5.54. The molecule has 5 nitrogen and oxygen atoms in total. The highest BCUT2D eigenvalue weighted by atomic mass is 32.2. The summed E-state index contributed by atoms with van der Waals surface area (Å²) in [7, 11) is -1.51. The minimum absolute atomic E-state index is 0.0178. The van der Waals surface area contributed by atoms with Crippen molar-refractivity contribution >= 4 is 15.7 Å². The second-order valence-electron chi connectivity index (χ2n) is 6.67. The van der Waals surface area contributed by atoms with Gasteiger partial charge in [0.2, 0.25) is 5.91 Å². The van der Waals surface area contributed by atoms with Gasteiger partial charge in [0, 0.05) is 30.9 Å². The van der Waals surface area contributed by atoms with E-state index in [0.29, 0.717) is 6.61 Å². The van der Waals surface area contributed by atoms with E-state index in [0.717, 1.165) is 19.3 Å². The van der Waals surface area contributed by atoms with Crippen molar-refractivity contribution in [2.75, 3.05) is 25.2 Å². The van der Waals surface area contributed by atoms with Crippen LogP contribution in [-0.2, 0) is 19.4 Å². The van der Waals surface area contributed by atoms with Crippen LogP contribution >= 0.6 is 0 Å². The van der Waals surface area contributed by atoms with Gasteiger partial charge in [-0.05, 0) is 26.2 Å². The lowest BCUT2D eigenvalue weighted by atomic mass is 9.54. The first kappa shape index (κ1) is 17.7. The maximum atomic E-state index is 12.3. The Morgan fingerprint density at radius 3 is 2.41 bits per heavy atom. The van der Waals surface area contributed by atoms with Crippen LogP contribution in [0.15, 0.2) is 0 Å². The van der Waals surface area contributed by atoms with Gasteiger partial charge in [0.25, 0.3) is 0 Å². The number of hydrogen-bond donors (Lipinski definition) is 0. The lowest BCUT2D eigenvalue weighted by molar-refractivity contribution is -0.183. The fourth-order valence-corrected chi connectivity index (χ4v) is 4.92. The van der Waals surface area contributed by atoms with E-state index in [1.807, 2.05) is 6.92 Å². The second kappa shape index (κ2) is 6.87. The highest BCUT2D eigenvalue weighted by Gasteiger charge is 2.57. The SMILES string of the molecule is CCOC1CC(N(C)C(=O)CS(=O)(=O)CC)C12CCCCC2. The van der Waals surface area contributed by atoms with Gasteiger partial charge in [-0.2, -0.15) is 0 Å². The van der Waals surface area contributed by atoms with E-state index in [2.05, 4.69) is 0 Å². The van der Waals surface area contributed by atoms with Crippen LogP contribution in [-0.4, -0.2) is 56.5 Å². The number of nitrogens with zero attached hydrogens (tertiary/aromatic N) is 1. The summed E-state index contributed by atoms with van der Waals surface area (Å²) < 4.78 is 29.3. The van der Waals surface area contributed by atoms with Crippen LogP contribution < -0.4 is 0 Å². The Bertz CT molecular complexity index is 496. The summed E-state index contributed by atoms with van der Waals surface area (Å²) in [5.74, 6) is -0.623. The number of sulfone groups is 1. The summed E-state index contributed by atoms with van der Waals surface area (Å²) in [6.07, 6.45) is 6.82. The Hall–Kier alpha value is -0.620. The fraction of sp³-hybridized carbons (Fsp3) is 0.938. The highest BCUT2D eigenvalue weighted by Crippen LogP contribution is 2.55. The van der Waals surface area contributed by atoms with Crippen molar-refractivity contribution < 1.29 is 17.9 Å². The van der Waals surface area contributed by atoms with Crippen LogP contribution in [0.5, 0.6) is 0 Å². The third-order valence-corrected chi connectivity index (χ3v) is 7.11. The van der Waals surface area contributed by atoms with Crippen molar-refractivity contribution in [1.82, 2.24) is 4.90 Å². The summed E-state index contributed by atoms with van der Waals surface area (Å²) >= 11 is 0. The molecule has 2 aliphatic carbocycles. The van der Waals surface area contributed by atoms with Crippen molar-refractivity contribution in [3.8, 4) is 0 Å². The van der Waals surface area contributed by atoms with Gasteiger partial charge in [-0.1, -0.05) is 26.2 Å². The third kappa shape index (κ3) is 3.32. The van der Waals surface area contributed by atoms with E-state index in [1.165, 1.54) is 19.3 Å². The van der Waals surface area contributed by atoms with E-state index in [4.69, 9.17) is 4.74 Å². The summed E-state index contributed by atoms with van der Waals surface area (Å²) in [6.45, 7) is 4.28. The Balaban J connectivity index is 2.08. The number of ether oxygens (including phenoxy) is 1. The molecule has 0 saturated heterocycles. The van der Waals surface area contributed by atoms with Crippen molar-refractivity contribution in [3.63, 3.8) is 0 Å². The molecule has 1 spiro atoms. The maximum Gasteiger partial charge on any atom is 0.237 e. The van der Waals surface area contributed by atoms with Gasteiger partial charge >= 0.3 is 0 Å². The monoisotopic (exact) mass is 331 g/mol. The molecule has 6 heteroatoms. The normalized spacial score (nSPS) is 27.4. The summed E-state index contributed by atoms with van der Waals surface area (Å²) in [5, 5.41) is 0. The quantitative estimate of drug-likeness (QED) is 0.747. The van der Waals surface area contributed by atoms with Gasteiger partial charge in [0.15, 0.2) is 9.84 Å². The molecule has 0 bridgehead atoms. The molecule has 1 amide bonds. The molecule has 2 saturated carbocycles. The Kier molecular flexibility index (Phi) is 5.54. The molecule has 0 aromatic carbocycles. The van der Waals surface area contributed by atoms with Crippen LogP contribution in [0.2, 0.25) is 0 Å². The number of rotatable bonds is 6. The molecule has 22 heavy (non-hydrogen) atoms. The van der Waals surface area contributed by atoms with Gasteiger partial charge in [0.05, 0.1) is 6.10 Å². The largest absolute Gasteiger partial charge is 0.378 e. The van der Waals surface area contributed by atoms with Gasteiger partial charge < -0.3 is 9.64 Å². The molecule has 2 aliphatic rings. The average Bonchev–Trinajstić information content (AvgIpc) is 2.51. The molecule has 0 aromatic rings. The molecule has 0 heterocycles. The minimum Gasteiger partial charge on any atom is -0.378 e. The van der Waals surface area contributed by atoms with Gasteiger partial charge in [0.1, 0.15) is 5.75 Å². The molecule has 2 unspecified atom stereocenters. The van der Waals surface area contributed by atoms with E-state index in [9.17, 15) is 13.2 Å². The number of amides is 1. The van der Waals surface area contributed by atoms with E-state index in [-0.39, 0.29) is 35.0 Å². The highest BCUT2D eigenvalue weighted by molar-refractivity contribution is 7.92. The van der Waals surface area contributed by atoms with Crippen LogP contribution in [0.3, 0.4) is 0 Å². The van der Waals surface area contributed by atoms with Crippen LogP contribution in [0.1, 0.15) is 52.4 Å². The van der Waals surface area contributed by atoms with Crippen molar-refractivity contribution in [2.24, 2.45) is 5.41 Å². The fourth-order valence-electron chi connectivity index (χ4n) is 4.14. The molecule has 0 radical (unpaired) electrons. The van der Waals surface area contributed by atoms with Crippen molar-refractivity contribution in [3.05, 3.63) is 0 Å². The minimum atomic E-state index is -3.27. The summed E-state index contributed by atoms with van der Waals surface area (Å²) in [4.78, 5) is 14.0. The standard InChI is InChI=1S/C16H29NO4S/c1-4-21-14-11-13(16(14)9-7-6-8-10-16)17(3)15(18)12-22(19,20)5-2/h13-14H,4-12H2,1-3H3. The second-order valence-corrected chi connectivity index (χ2v) is 9.02. The lowest BCUT2D eigenvalue weighted by Crippen LogP contribution is -2.66. The molecule has 0 aromatic heterocycles. The van der Waals surface area contributed by atoms with E-state index in [1.54, 1.807) is 18.9 Å². The predicted molar refractivity (Wildman–Crippen MR) is 86.4 cm³/mol. The molecule has 2 rings (SSSR count). The molecular formula is C16H29NO4S. The first-order valence-electron chi connectivity index (χ1n) is 8.44. The first-order valence-corrected chi connectivity index (χ1v) is 10.3. The summed E-state index contributed by atoms with van der Waals surface area (Å²) in [6, 6.07) is 0.129. The zero-order valence-electron chi connectivity index (χ0n) is 14.0. The van der Waals surface area contributed by atoms with Crippen molar-refractivity contribution in [1.29, 1.82) is 0 Å². The van der Waals surface area contributed by atoms with Gasteiger partial charge in [-0.3, -0.25) is 4.79 Å². The Morgan fingerprint density at radius 2 is 1.86 bits per heavy atom. The zero-order chi connectivity index (χ0) is 16.4. The van der Waals surface area contributed by atoms with Gasteiger partial charge in [-0.15, -0.1) is 0 Å². The summed E-state index contributed by atoms with van der Waals surface area (Å²) in [5.41, 5.74) is 0.0502. The smallest absolute Gasteiger partial charge is 0.237 e. The van der Waals surface area contributed by atoms with Crippen LogP contribution in [0, 0.1) is 5.41 Å². The Labute approximate surface area is 134 Å². The van der Waals surface area contributed by atoms with Crippen LogP contribution in [0.4, 0.5) is 0 Å². The lowest BCUT2D eigenvalue weighted by Gasteiger charge is -2.60. The molecule has 128 valence electrons. The number of carbonyl (C=O) groups is 1. The van der Waals surface area contributed by atoms with Gasteiger partial charge in [-0.25, -0.2) is 8.42 Å². The maximum absolute atomic E-state index is 12.3. The topological polar surface area (TPSA) is 63.7 Å². The molecular weight excluding hydrogens is 302 g/mol. The van der Waals surface area contributed by atoms with Crippen molar-refractivity contribution in [2.45, 2.75) is 64.5 Å². The number of carbonyl (C=O) groups excluding carboxylic acids is 1. The zero-order valence-corrected chi connectivity index (χ0v) is 14.8. The van der Waals surface area contributed by atoms with Crippen LogP contribution in [0.25, 0.3) is 0 Å². The van der Waals surface area contributed by atoms with E-state index < -0.39 is 9.84 Å². The number of hydrogen-bond acceptors (Lipinski definition) is 4. The van der Waals surface area contributed by atoms with E-state index >= 15 is 0 Å². The molecule has 0 aliphatic heterocycles. The molecule has 2 atom stereocenters. The Morgan fingerprint density at radius 1 is 1.23 bits per heavy atom. The average molecular weight is 331 g/mol.